The number of halogens is 2. The Morgan fingerprint density at radius 2 is 1.95 bits per heavy atom. The van der Waals surface area contributed by atoms with Crippen LogP contribution in [0.2, 0.25) is 0 Å². The number of nitrogens with one attached hydrogen (secondary N) is 1. The molecule has 3 aliphatic rings. The topological polar surface area (TPSA) is 72.4 Å². The second kappa shape index (κ2) is 9.63. The van der Waals surface area contributed by atoms with Crippen LogP contribution in [0.1, 0.15) is 65.2 Å². The lowest BCUT2D eigenvalue weighted by Gasteiger charge is -2.54. The van der Waals surface area contributed by atoms with Crippen LogP contribution in [0.15, 0.2) is 42.6 Å². The van der Waals surface area contributed by atoms with Gasteiger partial charge in [-0.25, -0.2) is 8.78 Å². The molecular weight excluding hydrogens is 498 g/mol. The number of fused-ring (bicyclic) bond motifs is 1. The number of carbonyl (C=O) groups excluding carboxylic acids is 1. The number of aromatic amines is 1. The summed E-state index contributed by atoms with van der Waals surface area (Å²) in [6.07, 6.45) is 3.74. The highest BCUT2D eigenvalue weighted by atomic mass is 19.3. The third kappa shape index (κ3) is 4.67. The van der Waals surface area contributed by atoms with Crippen molar-refractivity contribution >= 4 is 16.8 Å². The molecule has 1 atom stereocenters. The largest absolute Gasteiger partial charge is 0.496 e. The fourth-order valence-electron chi connectivity index (χ4n) is 7.07. The maximum Gasteiger partial charge on any atom is 0.253 e. The molecule has 1 aromatic heterocycles. The Balaban J connectivity index is 1.27. The quantitative estimate of drug-likeness (QED) is 0.409. The van der Waals surface area contributed by atoms with Gasteiger partial charge in [0.05, 0.1) is 13.2 Å². The van der Waals surface area contributed by atoms with Crippen molar-refractivity contribution in [2.24, 2.45) is 11.3 Å². The molecule has 2 aliphatic heterocycles. The Hall–Kier alpha value is -3.44. The summed E-state index contributed by atoms with van der Waals surface area (Å²) in [5.74, 6) is -1.50. The van der Waals surface area contributed by atoms with E-state index in [1.54, 1.807) is 12.0 Å². The number of aromatic nitrogens is 1. The fourth-order valence-corrected chi connectivity index (χ4v) is 7.07. The van der Waals surface area contributed by atoms with Gasteiger partial charge < -0.3 is 14.6 Å². The van der Waals surface area contributed by atoms with Gasteiger partial charge in [0.1, 0.15) is 5.75 Å². The number of nitriles is 1. The van der Waals surface area contributed by atoms with E-state index in [0.29, 0.717) is 38.0 Å². The van der Waals surface area contributed by atoms with Crippen molar-refractivity contribution in [2.45, 2.75) is 57.5 Å². The molecule has 2 aromatic carbocycles. The summed E-state index contributed by atoms with van der Waals surface area (Å²) in [7, 11) is 1.69. The Bertz CT molecular complexity index is 1430. The third-order valence-corrected chi connectivity index (χ3v) is 9.12. The second-order valence-corrected chi connectivity index (χ2v) is 11.9. The van der Waals surface area contributed by atoms with Crippen molar-refractivity contribution in [3.05, 3.63) is 64.8 Å². The second-order valence-electron chi connectivity index (χ2n) is 11.9. The summed E-state index contributed by atoms with van der Waals surface area (Å²) in [5, 5.41) is 9.99. The van der Waals surface area contributed by atoms with E-state index >= 15 is 0 Å². The molecule has 1 saturated carbocycles. The normalized spacial score (nSPS) is 22.3. The van der Waals surface area contributed by atoms with Crippen LogP contribution < -0.4 is 4.74 Å². The molecule has 1 N–H and O–H groups in total. The van der Waals surface area contributed by atoms with Crippen LogP contribution in [0.5, 0.6) is 5.75 Å². The van der Waals surface area contributed by atoms with Crippen molar-refractivity contribution < 1.29 is 18.3 Å². The van der Waals surface area contributed by atoms with Gasteiger partial charge in [0.15, 0.2) is 0 Å². The van der Waals surface area contributed by atoms with Crippen LogP contribution in [-0.4, -0.2) is 53.4 Å². The smallest absolute Gasteiger partial charge is 0.253 e. The minimum atomic E-state index is -2.57. The average Bonchev–Trinajstić information content (AvgIpc) is 3.38. The van der Waals surface area contributed by atoms with E-state index in [4.69, 9.17) is 10.00 Å². The number of benzene rings is 2. The molecule has 0 bridgehead atoms. The fraction of sp³-hybridized carbons (Fsp3) is 0.484. The number of hydrogen-bond donors (Lipinski definition) is 1. The summed E-state index contributed by atoms with van der Waals surface area (Å²) in [6.45, 7) is 4.66. The monoisotopic (exact) mass is 532 g/mol. The van der Waals surface area contributed by atoms with Crippen molar-refractivity contribution in [3.63, 3.8) is 0 Å². The summed E-state index contributed by atoms with van der Waals surface area (Å²) < 4.78 is 33.9. The van der Waals surface area contributed by atoms with E-state index < -0.39 is 5.92 Å². The number of aryl methyl sites for hydroxylation is 1. The van der Waals surface area contributed by atoms with Crippen LogP contribution >= 0.6 is 0 Å². The van der Waals surface area contributed by atoms with Crippen molar-refractivity contribution in [3.8, 4) is 11.8 Å². The number of carbonyl (C=O) groups is 1. The number of H-pyrrole nitrogens is 1. The van der Waals surface area contributed by atoms with Crippen molar-refractivity contribution in [1.82, 2.24) is 14.8 Å². The van der Waals surface area contributed by atoms with Gasteiger partial charge in [-0.15, -0.1) is 0 Å². The van der Waals surface area contributed by atoms with Gasteiger partial charge in [-0.1, -0.05) is 12.1 Å². The lowest BCUT2D eigenvalue weighted by Crippen LogP contribution is -2.53. The first-order valence-electron chi connectivity index (χ1n) is 13.7. The maximum absolute atomic E-state index is 14.1. The Morgan fingerprint density at radius 1 is 1.21 bits per heavy atom. The van der Waals surface area contributed by atoms with Gasteiger partial charge in [-0.3, -0.25) is 9.69 Å². The van der Waals surface area contributed by atoms with Crippen LogP contribution in [0.3, 0.4) is 0 Å². The number of methoxy groups -OCH3 is 1. The SMILES string of the molecule is COc1cc(C)c2[nH]ccc2c1CN1CCC2(C[C@@H]1c1ccc(C(=O)N3CC(CC#N)C3)cc1)CC(F)(F)C2. The minimum Gasteiger partial charge on any atom is -0.496 e. The van der Waals surface area contributed by atoms with Gasteiger partial charge in [0.2, 0.25) is 5.92 Å². The molecule has 8 heteroatoms. The molecule has 0 radical (unpaired) electrons. The van der Waals surface area contributed by atoms with Crippen LogP contribution in [-0.2, 0) is 6.54 Å². The highest BCUT2D eigenvalue weighted by molar-refractivity contribution is 5.94. The first-order chi connectivity index (χ1) is 18.7. The summed E-state index contributed by atoms with van der Waals surface area (Å²) in [5.41, 5.74) is 4.62. The predicted octanol–water partition coefficient (Wildman–Crippen LogP) is 6.22. The van der Waals surface area contributed by atoms with Gasteiger partial charge in [0.25, 0.3) is 5.91 Å². The standard InChI is InChI=1S/C31H34F2N4O2/c1-20-13-27(39-2)25(24-8-11-35-28(20)24)17-36-12-9-30(18-31(32,33)19-30)14-26(36)22-3-5-23(6-4-22)29(38)37-15-21(16-37)7-10-34/h3-6,8,11,13,21,26,35H,7,9,12,14-19H2,1-2H3/t26-/m1/s1. The molecule has 1 spiro atoms. The first kappa shape index (κ1) is 25.8. The van der Waals surface area contributed by atoms with Gasteiger partial charge in [-0.2, -0.15) is 5.26 Å². The number of nitrogens with zero attached hydrogens (tertiary/aromatic N) is 3. The molecule has 6 rings (SSSR count). The first-order valence-corrected chi connectivity index (χ1v) is 13.7. The van der Waals surface area contributed by atoms with E-state index in [1.807, 2.05) is 30.5 Å². The Kier molecular flexibility index (Phi) is 6.38. The number of alkyl halides is 2. The molecule has 6 nitrogen and oxygen atoms in total. The number of ether oxygens (including phenoxy) is 1. The van der Waals surface area contributed by atoms with Gasteiger partial charge in [0, 0.05) is 79.1 Å². The zero-order chi connectivity index (χ0) is 27.4. The number of hydrogen-bond acceptors (Lipinski definition) is 4. The molecule has 39 heavy (non-hydrogen) atoms. The number of amides is 1. The maximum atomic E-state index is 14.1. The van der Waals surface area contributed by atoms with Gasteiger partial charge in [-0.05, 0) is 67.1 Å². The predicted molar refractivity (Wildman–Crippen MR) is 145 cm³/mol. The highest BCUT2D eigenvalue weighted by Gasteiger charge is 2.58. The van der Waals surface area contributed by atoms with E-state index in [1.165, 1.54) is 0 Å². The Labute approximate surface area is 227 Å². The molecule has 3 heterocycles. The summed E-state index contributed by atoms with van der Waals surface area (Å²) in [6, 6.07) is 14.0. The lowest BCUT2D eigenvalue weighted by atomic mass is 9.59. The third-order valence-electron chi connectivity index (χ3n) is 9.12. The minimum absolute atomic E-state index is 0.0226. The number of piperidine rings is 1. The molecular formula is C31H34F2N4O2. The highest BCUT2D eigenvalue weighted by Crippen LogP contribution is 2.60. The average molecular weight is 533 g/mol. The van der Waals surface area contributed by atoms with Crippen LogP contribution in [0, 0.1) is 29.6 Å². The number of rotatable bonds is 6. The molecule has 204 valence electrons. The molecule has 3 fully saturated rings. The molecule has 2 saturated heterocycles. The molecule has 1 aliphatic carbocycles. The summed E-state index contributed by atoms with van der Waals surface area (Å²) >= 11 is 0. The lowest BCUT2D eigenvalue weighted by molar-refractivity contribution is -0.186. The molecule has 1 amide bonds. The van der Waals surface area contributed by atoms with Crippen molar-refractivity contribution in [2.75, 3.05) is 26.7 Å². The zero-order valence-electron chi connectivity index (χ0n) is 22.5. The van der Waals surface area contributed by atoms with E-state index in [0.717, 1.165) is 46.3 Å². The van der Waals surface area contributed by atoms with Crippen LogP contribution in [0.4, 0.5) is 8.78 Å². The zero-order valence-corrected chi connectivity index (χ0v) is 22.5. The van der Waals surface area contributed by atoms with Crippen molar-refractivity contribution in [1.29, 1.82) is 5.26 Å². The Morgan fingerprint density at radius 3 is 2.62 bits per heavy atom. The summed E-state index contributed by atoms with van der Waals surface area (Å²) in [4.78, 5) is 20.4. The van der Waals surface area contributed by atoms with E-state index in [2.05, 4.69) is 35.0 Å². The number of likely N-dealkylation sites (tertiary alicyclic amines) is 2. The van der Waals surface area contributed by atoms with Crippen LogP contribution in [0.25, 0.3) is 10.9 Å². The molecule has 3 aromatic rings. The van der Waals surface area contributed by atoms with E-state index in [9.17, 15) is 13.6 Å². The van der Waals surface area contributed by atoms with Gasteiger partial charge >= 0.3 is 0 Å². The van der Waals surface area contributed by atoms with E-state index in [-0.39, 0.29) is 36.1 Å². The molecule has 0 unspecified atom stereocenters.